The summed E-state index contributed by atoms with van der Waals surface area (Å²) in [6.07, 6.45) is 7.04. The summed E-state index contributed by atoms with van der Waals surface area (Å²) in [7, 11) is 0. The number of carbonyl (C=O) groups is 1. The molecule has 35 heavy (non-hydrogen) atoms. The number of nitrogens with zero attached hydrogens (tertiary/aromatic N) is 2. The fraction of sp³-hybridized carbons (Fsp3) is 0.357. The standard InChI is InChI=1S/C28H29FN4OS/c1-2-28-13-5-14-32-15-12-22-21-6-3-4-7-23(21)33(24(22)25(28)32)20(16-28)17-30-27(35)31-26(34)18-8-10-19(29)11-9-18/h3-4,6-11,16,25H,2,5,12-15,17H2,1H3,(H2,30,31,34,35)/t25-,28+/m1/s1. The summed E-state index contributed by atoms with van der Waals surface area (Å²) < 4.78 is 15.6. The van der Waals surface area contributed by atoms with Crippen molar-refractivity contribution in [2.24, 2.45) is 5.41 Å². The Labute approximate surface area is 210 Å². The number of thiocarbonyl (C=S) groups is 1. The van der Waals surface area contributed by atoms with Crippen LogP contribution < -0.4 is 10.6 Å². The first-order valence-corrected chi connectivity index (χ1v) is 12.8. The van der Waals surface area contributed by atoms with Gasteiger partial charge in [0.05, 0.1) is 18.1 Å². The summed E-state index contributed by atoms with van der Waals surface area (Å²) in [6.45, 7) is 5.11. The first-order chi connectivity index (χ1) is 17.0. The molecule has 3 aliphatic heterocycles. The number of piperidine rings is 1. The van der Waals surface area contributed by atoms with Crippen molar-refractivity contribution in [3.05, 3.63) is 77.2 Å². The van der Waals surface area contributed by atoms with E-state index in [9.17, 15) is 9.18 Å². The van der Waals surface area contributed by atoms with Crippen LogP contribution >= 0.6 is 12.2 Å². The van der Waals surface area contributed by atoms with Gasteiger partial charge >= 0.3 is 0 Å². The molecule has 0 bridgehead atoms. The summed E-state index contributed by atoms with van der Waals surface area (Å²) in [6, 6.07) is 14.6. The molecule has 3 aliphatic rings. The van der Waals surface area contributed by atoms with E-state index in [0.29, 0.717) is 18.2 Å². The van der Waals surface area contributed by atoms with Crippen LogP contribution in [0.2, 0.25) is 0 Å². The molecule has 2 N–H and O–H groups in total. The van der Waals surface area contributed by atoms with Gasteiger partial charge in [-0.2, -0.15) is 0 Å². The van der Waals surface area contributed by atoms with Crippen molar-refractivity contribution in [3.8, 4) is 0 Å². The third-order valence-corrected chi connectivity index (χ3v) is 8.33. The number of amides is 1. The van der Waals surface area contributed by atoms with Crippen molar-refractivity contribution < 1.29 is 9.18 Å². The highest BCUT2D eigenvalue weighted by Gasteiger charge is 2.50. The molecular weight excluding hydrogens is 459 g/mol. The summed E-state index contributed by atoms with van der Waals surface area (Å²) >= 11 is 5.46. The van der Waals surface area contributed by atoms with E-state index in [4.69, 9.17) is 12.2 Å². The zero-order valence-electron chi connectivity index (χ0n) is 19.8. The van der Waals surface area contributed by atoms with Crippen molar-refractivity contribution in [3.63, 3.8) is 0 Å². The van der Waals surface area contributed by atoms with Gasteiger partial charge in [0.25, 0.3) is 5.91 Å². The second-order valence-corrected chi connectivity index (χ2v) is 10.3. The monoisotopic (exact) mass is 488 g/mol. The van der Waals surface area contributed by atoms with Crippen molar-refractivity contribution in [1.82, 2.24) is 20.1 Å². The summed E-state index contributed by atoms with van der Waals surface area (Å²) in [5.74, 6) is -0.727. The molecule has 0 aliphatic carbocycles. The number of benzene rings is 2. The van der Waals surface area contributed by atoms with Gasteiger partial charge in [0.2, 0.25) is 0 Å². The topological polar surface area (TPSA) is 49.3 Å². The Morgan fingerprint density at radius 2 is 1.97 bits per heavy atom. The second-order valence-electron chi connectivity index (χ2n) is 9.87. The Morgan fingerprint density at radius 1 is 1.17 bits per heavy atom. The largest absolute Gasteiger partial charge is 0.357 e. The van der Waals surface area contributed by atoms with Crippen molar-refractivity contribution in [2.75, 3.05) is 19.6 Å². The Kier molecular flexibility index (Phi) is 5.49. The van der Waals surface area contributed by atoms with E-state index < -0.39 is 0 Å². The van der Waals surface area contributed by atoms with Crippen LogP contribution in [0.25, 0.3) is 16.6 Å². The molecule has 1 aromatic heterocycles. The number of aromatic nitrogens is 1. The molecule has 2 atom stereocenters. The molecule has 4 heterocycles. The molecule has 1 saturated heterocycles. The minimum atomic E-state index is -0.377. The predicted molar refractivity (Wildman–Crippen MR) is 141 cm³/mol. The van der Waals surface area contributed by atoms with E-state index >= 15 is 0 Å². The Balaban J connectivity index is 1.32. The van der Waals surface area contributed by atoms with Crippen LogP contribution in [-0.4, -0.2) is 40.1 Å². The first-order valence-electron chi connectivity index (χ1n) is 12.4. The number of hydrogen-bond donors (Lipinski definition) is 2. The Bertz CT molecular complexity index is 1360. The molecule has 0 spiro atoms. The van der Waals surface area contributed by atoms with Crippen molar-refractivity contribution in [2.45, 2.75) is 38.6 Å². The van der Waals surface area contributed by atoms with Gasteiger partial charge < -0.3 is 9.88 Å². The normalized spacial score (nSPS) is 22.9. The van der Waals surface area contributed by atoms with Crippen LogP contribution in [0, 0.1) is 11.2 Å². The summed E-state index contributed by atoms with van der Waals surface area (Å²) in [5, 5.41) is 7.61. The molecule has 1 fully saturated rings. The maximum atomic E-state index is 13.2. The van der Waals surface area contributed by atoms with Crippen molar-refractivity contribution >= 4 is 39.8 Å². The van der Waals surface area contributed by atoms with Gasteiger partial charge in [-0.25, -0.2) is 4.39 Å². The van der Waals surface area contributed by atoms with Crippen LogP contribution in [0.5, 0.6) is 0 Å². The number of fused-ring (bicyclic) bond motifs is 3. The molecule has 0 radical (unpaired) electrons. The number of nitrogens with one attached hydrogen (secondary N) is 2. The van der Waals surface area contributed by atoms with Gasteiger partial charge in [-0.15, -0.1) is 0 Å². The van der Waals surface area contributed by atoms with Crippen LogP contribution in [0.15, 0.2) is 54.6 Å². The number of carbonyl (C=O) groups excluding carboxylic acids is 1. The van der Waals surface area contributed by atoms with Gasteiger partial charge in [0, 0.05) is 34.3 Å². The van der Waals surface area contributed by atoms with Crippen LogP contribution in [0.1, 0.15) is 53.8 Å². The molecule has 0 saturated carbocycles. The average Bonchev–Trinajstić information content (AvgIpc) is 3.22. The minimum absolute atomic E-state index is 0.105. The van der Waals surface area contributed by atoms with E-state index in [0.717, 1.165) is 25.9 Å². The van der Waals surface area contributed by atoms with Gasteiger partial charge in [0.15, 0.2) is 5.11 Å². The molecule has 7 heteroatoms. The Morgan fingerprint density at radius 3 is 2.77 bits per heavy atom. The number of rotatable bonds is 4. The summed E-state index contributed by atoms with van der Waals surface area (Å²) in [5.41, 5.74) is 5.83. The molecule has 5 nitrogen and oxygen atoms in total. The zero-order chi connectivity index (χ0) is 24.2. The number of para-hydroxylation sites is 1. The maximum Gasteiger partial charge on any atom is 0.257 e. The highest BCUT2D eigenvalue weighted by atomic mass is 32.1. The third-order valence-electron chi connectivity index (χ3n) is 8.09. The van der Waals surface area contributed by atoms with Crippen LogP contribution in [0.3, 0.4) is 0 Å². The predicted octanol–water partition coefficient (Wildman–Crippen LogP) is 5.03. The fourth-order valence-electron chi connectivity index (χ4n) is 6.51. The van der Waals surface area contributed by atoms with Crippen LogP contribution in [-0.2, 0) is 6.42 Å². The minimum Gasteiger partial charge on any atom is -0.357 e. The smallest absolute Gasteiger partial charge is 0.257 e. The maximum absolute atomic E-state index is 13.2. The summed E-state index contributed by atoms with van der Waals surface area (Å²) in [4.78, 5) is 15.2. The quantitative estimate of drug-likeness (QED) is 0.506. The van der Waals surface area contributed by atoms with Gasteiger partial charge in [-0.3, -0.25) is 15.0 Å². The van der Waals surface area contributed by atoms with E-state index in [2.05, 4.69) is 57.4 Å². The molecule has 2 aromatic carbocycles. The second kappa shape index (κ2) is 8.57. The van der Waals surface area contributed by atoms with Crippen LogP contribution in [0.4, 0.5) is 4.39 Å². The lowest BCUT2D eigenvalue weighted by atomic mass is 9.66. The molecule has 0 unspecified atom stereocenters. The van der Waals surface area contributed by atoms with E-state index in [1.54, 1.807) is 0 Å². The van der Waals surface area contributed by atoms with Crippen molar-refractivity contribution in [1.29, 1.82) is 0 Å². The number of hydrogen-bond acceptors (Lipinski definition) is 3. The molecule has 6 rings (SSSR count). The molecule has 3 aromatic rings. The highest BCUT2D eigenvalue weighted by Crippen LogP contribution is 2.56. The zero-order valence-corrected chi connectivity index (χ0v) is 20.6. The average molecular weight is 489 g/mol. The Hall–Kier alpha value is -3.03. The van der Waals surface area contributed by atoms with E-state index in [-0.39, 0.29) is 22.3 Å². The first kappa shape index (κ1) is 22.4. The lowest BCUT2D eigenvalue weighted by Gasteiger charge is -2.53. The fourth-order valence-corrected chi connectivity index (χ4v) is 6.67. The SMILES string of the molecule is CC[C@@]12C=C(CNC(=S)NC(=O)c3ccc(F)cc3)n3c4c(c5ccccc53)CCN(CCC1)[C@H]42. The van der Waals surface area contributed by atoms with E-state index in [1.165, 1.54) is 65.0 Å². The molecule has 1 amide bonds. The lowest BCUT2D eigenvalue weighted by molar-refractivity contribution is 0.0269. The van der Waals surface area contributed by atoms with Gasteiger partial charge in [-0.1, -0.05) is 31.2 Å². The molecule has 180 valence electrons. The molecular formula is C28H29FN4OS. The lowest BCUT2D eigenvalue weighted by Crippen LogP contribution is -2.51. The highest BCUT2D eigenvalue weighted by molar-refractivity contribution is 7.80. The van der Waals surface area contributed by atoms with Gasteiger partial charge in [-0.05, 0) is 80.3 Å². The van der Waals surface area contributed by atoms with E-state index in [1.807, 2.05) is 0 Å². The van der Waals surface area contributed by atoms with Gasteiger partial charge in [0.1, 0.15) is 5.82 Å². The third kappa shape index (κ3) is 3.60. The number of halogens is 1.